The molecule has 0 fully saturated rings. The Morgan fingerprint density at radius 3 is 2.38 bits per heavy atom. The fraction of sp³-hybridized carbons (Fsp3) is 0.200. The maximum absolute atomic E-state index is 13.4. The molecule has 1 aromatic heterocycles. The second-order valence-electron chi connectivity index (χ2n) is 7.84. The molecule has 4 aromatic rings. The van der Waals surface area contributed by atoms with E-state index in [2.05, 4.69) is 5.10 Å². The Hall–Kier alpha value is -3.61. The van der Waals surface area contributed by atoms with Crippen LogP contribution in [0, 0.1) is 0 Å². The topological polar surface area (TPSA) is 44.1 Å². The van der Waals surface area contributed by atoms with E-state index in [1.54, 1.807) is 36.4 Å². The number of benzene rings is 3. The summed E-state index contributed by atoms with van der Waals surface area (Å²) in [6, 6.07) is 19.4. The summed E-state index contributed by atoms with van der Waals surface area (Å²) in [7, 11) is 0. The van der Waals surface area contributed by atoms with Gasteiger partial charge in [0, 0.05) is 11.3 Å². The fourth-order valence-electron chi connectivity index (χ4n) is 4.18. The third-order valence-electron chi connectivity index (χ3n) is 5.73. The number of carbonyl (C=O) groups excluding carboxylic acids is 1. The van der Waals surface area contributed by atoms with Gasteiger partial charge < -0.3 is 4.74 Å². The van der Waals surface area contributed by atoms with Crippen LogP contribution in [0.1, 0.15) is 40.2 Å². The third kappa shape index (κ3) is 3.75. The van der Waals surface area contributed by atoms with Crippen LogP contribution in [-0.2, 0) is 19.0 Å². The highest BCUT2D eigenvalue weighted by Crippen LogP contribution is 2.36. The van der Waals surface area contributed by atoms with Gasteiger partial charge in [0.2, 0.25) is 0 Å². The second kappa shape index (κ2) is 7.82. The number of nitrogens with zero attached hydrogens (tertiary/aromatic N) is 2. The van der Waals surface area contributed by atoms with Gasteiger partial charge in [0.1, 0.15) is 5.75 Å². The van der Waals surface area contributed by atoms with Gasteiger partial charge in [0.25, 0.3) is 0 Å². The summed E-state index contributed by atoms with van der Waals surface area (Å²) in [6.07, 6.45) is -2.02. The van der Waals surface area contributed by atoms with Gasteiger partial charge in [-0.1, -0.05) is 30.3 Å². The minimum absolute atomic E-state index is 0.281. The molecular formula is C25H19F3N2O2. The van der Waals surface area contributed by atoms with Crippen LogP contribution in [0.25, 0.3) is 16.5 Å². The SMILES string of the molecule is O=C(Oc1ccc2ccccc2c1)c1ccc(-n2nc(C(F)(F)F)c3c2CCCC3)cc1. The Morgan fingerprint density at radius 2 is 1.62 bits per heavy atom. The standard InChI is InChI=1S/C25H19F3N2O2/c26-25(27,28)23-21-7-3-4-8-22(21)30(29-23)19-12-9-17(10-13-19)24(31)32-20-14-11-16-5-1-2-6-18(16)15-20/h1-2,5-6,9-15H,3-4,7-8H2. The number of esters is 1. The normalized spacial score (nSPS) is 13.7. The molecule has 0 saturated heterocycles. The van der Waals surface area contributed by atoms with Crippen molar-refractivity contribution in [3.63, 3.8) is 0 Å². The van der Waals surface area contributed by atoms with Crippen molar-refractivity contribution in [1.29, 1.82) is 0 Å². The highest BCUT2D eigenvalue weighted by atomic mass is 19.4. The van der Waals surface area contributed by atoms with E-state index in [1.165, 1.54) is 4.68 Å². The summed E-state index contributed by atoms with van der Waals surface area (Å²) in [5.41, 5.74) is 0.852. The van der Waals surface area contributed by atoms with Crippen LogP contribution in [0.3, 0.4) is 0 Å². The van der Waals surface area contributed by atoms with E-state index in [0.29, 0.717) is 35.5 Å². The van der Waals surface area contributed by atoms with Crippen LogP contribution in [-0.4, -0.2) is 15.7 Å². The Morgan fingerprint density at radius 1 is 0.906 bits per heavy atom. The maximum Gasteiger partial charge on any atom is 0.435 e. The minimum atomic E-state index is -4.49. The lowest BCUT2D eigenvalue weighted by Gasteiger charge is -2.15. The van der Waals surface area contributed by atoms with Crippen LogP contribution in [0.15, 0.2) is 66.7 Å². The zero-order valence-electron chi connectivity index (χ0n) is 17.0. The Bertz CT molecular complexity index is 1310. The van der Waals surface area contributed by atoms with Crippen LogP contribution in [0.4, 0.5) is 13.2 Å². The molecule has 0 bridgehead atoms. The highest BCUT2D eigenvalue weighted by molar-refractivity contribution is 5.92. The first kappa shape index (κ1) is 20.3. The Kier molecular flexibility index (Phi) is 4.96. The molecule has 0 atom stereocenters. The van der Waals surface area contributed by atoms with E-state index in [-0.39, 0.29) is 5.56 Å². The molecule has 162 valence electrons. The molecule has 4 nitrogen and oxygen atoms in total. The summed E-state index contributed by atoms with van der Waals surface area (Å²) in [6.45, 7) is 0. The Balaban J connectivity index is 1.40. The monoisotopic (exact) mass is 436 g/mol. The van der Waals surface area contributed by atoms with Crippen molar-refractivity contribution in [3.05, 3.63) is 89.2 Å². The summed E-state index contributed by atoms with van der Waals surface area (Å²) in [5, 5.41) is 5.87. The molecule has 5 rings (SSSR count). The van der Waals surface area contributed by atoms with E-state index < -0.39 is 17.8 Å². The molecule has 7 heteroatoms. The molecule has 0 spiro atoms. The van der Waals surface area contributed by atoms with Crippen LogP contribution < -0.4 is 4.74 Å². The molecule has 1 aliphatic carbocycles. The van der Waals surface area contributed by atoms with Gasteiger partial charge in [-0.05, 0) is 72.9 Å². The minimum Gasteiger partial charge on any atom is -0.423 e. The first-order chi connectivity index (χ1) is 15.4. The quantitative estimate of drug-likeness (QED) is 0.286. The van der Waals surface area contributed by atoms with Gasteiger partial charge in [0.05, 0.1) is 11.3 Å². The molecule has 0 radical (unpaired) electrons. The number of alkyl halides is 3. The first-order valence-electron chi connectivity index (χ1n) is 10.4. The summed E-state index contributed by atoms with van der Waals surface area (Å²) < 4.78 is 47.2. The molecule has 0 N–H and O–H groups in total. The zero-order chi connectivity index (χ0) is 22.3. The van der Waals surface area contributed by atoms with Crippen molar-refractivity contribution in [2.75, 3.05) is 0 Å². The molecule has 0 saturated carbocycles. The molecule has 0 unspecified atom stereocenters. The molecule has 0 aliphatic heterocycles. The van der Waals surface area contributed by atoms with E-state index in [4.69, 9.17) is 4.74 Å². The van der Waals surface area contributed by atoms with Crippen molar-refractivity contribution in [3.8, 4) is 11.4 Å². The summed E-state index contributed by atoms with van der Waals surface area (Å²) >= 11 is 0. The van der Waals surface area contributed by atoms with Crippen molar-refractivity contribution < 1.29 is 22.7 Å². The van der Waals surface area contributed by atoms with E-state index in [9.17, 15) is 18.0 Å². The Labute approximate surface area is 182 Å². The second-order valence-corrected chi connectivity index (χ2v) is 7.84. The van der Waals surface area contributed by atoms with Crippen LogP contribution >= 0.6 is 0 Å². The van der Waals surface area contributed by atoms with Crippen LogP contribution in [0.5, 0.6) is 5.75 Å². The maximum atomic E-state index is 13.4. The van der Waals surface area contributed by atoms with Crippen LogP contribution in [0.2, 0.25) is 0 Å². The lowest BCUT2D eigenvalue weighted by atomic mass is 9.95. The largest absolute Gasteiger partial charge is 0.435 e. The van der Waals surface area contributed by atoms with Crippen molar-refractivity contribution >= 4 is 16.7 Å². The van der Waals surface area contributed by atoms with Crippen molar-refractivity contribution in [2.45, 2.75) is 31.9 Å². The van der Waals surface area contributed by atoms with Gasteiger partial charge in [-0.25, -0.2) is 9.48 Å². The van der Waals surface area contributed by atoms with Gasteiger partial charge >= 0.3 is 12.1 Å². The molecule has 32 heavy (non-hydrogen) atoms. The molecule has 0 amide bonds. The number of aromatic nitrogens is 2. The molecule has 1 aliphatic rings. The number of ether oxygens (including phenoxy) is 1. The highest BCUT2D eigenvalue weighted by Gasteiger charge is 2.39. The zero-order valence-corrected chi connectivity index (χ0v) is 17.0. The average Bonchev–Trinajstić information content (AvgIpc) is 3.19. The van der Waals surface area contributed by atoms with Crippen molar-refractivity contribution in [1.82, 2.24) is 9.78 Å². The van der Waals surface area contributed by atoms with Crippen molar-refractivity contribution in [2.24, 2.45) is 0 Å². The third-order valence-corrected chi connectivity index (χ3v) is 5.73. The summed E-state index contributed by atoms with van der Waals surface area (Å²) in [5.74, 6) is -0.112. The van der Waals surface area contributed by atoms with Gasteiger partial charge in [-0.15, -0.1) is 0 Å². The fourth-order valence-corrected chi connectivity index (χ4v) is 4.18. The summed E-state index contributed by atoms with van der Waals surface area (Å²) in [4.78, 5) is 12.6. The average molecular weight is 436 g/mol. The van der Waals surface area contributed by atoms with Gasteiger partial charge in [-0.3, -0.25) is 0 Å². The number of halogens is 3. The van der Waals surface area contributed by atoms with Gasteiger partial charge in [-0.2, -0.15) is 18.3 Å². The predicted octanol–water partition coefficient (Wildman–Crippen LogP) is 6.14. The molecule has 3 aromatic carbocycles. The van der Waals surface area contributed by atoms with E-state index >= 15 is 0 Å². The number of fused-ring (bicyclic) bond motifs is 2. The van der Waals surface area contributed by atoms with E-state index in [1.807, 2.05) is 30.3 Å². The number of hydrogen-bond donors (Lipinski definition) is 0. The number of rotatable bonds is 3. The molecular weight excluding hydrogens is 417 g/mol. The lowest BCUT2D eigenvalue weighted by molar-refractivity contribution is -0.142. The van der Waals surface area contributed by atoms with E-state index in [0.717, 1.165) is 23.6 Å². The smallest absolute Gasteiger partial charge is 0.423 e. The van der Waals surface area contributed by atoms with Gasteiger partial charge in [0.15, 0.2) is 5.69 Å². The number of hydrogen-bond acceptors (Lipinski definition) is 3. The predicted molar refractivity (Wildman–Crippen MR) is 114 cm³/mol. The first-order valence-corrected chi connectivity index (χ1v) is 10.4. The number of carbonyl (C=O) groups is 1. The lowest BCUT2D eigenvalue weighted by Crippen LogP contribution is -2.11. The molecule has 1 heterocycles.